The summed E-state index contributed by atoms with van der Waals surface area (Å²) in [6.45, 7) is 2.67. The Hall–Kier alpha value is -1.02. The molecule has 1 N–H and O–H groups in total. The number of nitrogens with zero attached hydrogens (tertiary/aromatic N) is 2. The van der Waals surface area contributed by atoms with E-state index in [1.165, 1.54) is 22.5 Å². The molecular weight excluding hydrogens is 281 g/mol. The Bertz CT molecular complexity index is 569. The monoisotopic (exact) mass is 301 g/mol. The first kappa shape index (κ1) is 15.4. The number of piperazine rings is 1. The predicted molar refractivity (Wildman–Crippen MR) is 75.4 cm³/mol. The minimum absolute atomic E-state index is 0.161. The number of hydrogen-bond acceptors (Lipinski definition) is 4. The van der Waals surface area contributed by atoms with Crippen molar-refractivity contribution < 1.29 is 12.8 Å². The molecule has 112 valence electrons. The van der Waals surface area contributed by atoms with E-state index in [1.54, 1.807) is 7.05 Å². The van der Waals surface area contributed by atoms with Gasteiger partial charge in [-0.15, -0.1) is 0 Å². The molecule has 1 aliphatic rings. The highest BCUT2D eigenvalue weighted by molar-refractivity contribution is 7.89. The summed E-state index contributed by atoms with van der Waals surface area (Å²) >= 11 is 0. The normalized spacial score (nSPS) is 18.4. The van der Waals surface area contributed by atoms with Crippen LogP contribution in [-0.2, 0) is 16.6 Å². The van der Waals surface area contributed by atoms with Gasteiger partial charge in [-0.2, -0.15) is 4.31 Å². The van der Waals surface area contributed by atoms with Gasteiger partial charge in [0, 0.05) is 38.3 Å². The third kappa shape index (κ3) is 3.17. The van der Waals surface area contributed by atoms with Crippen LogP contribution in [0.15, 0.2) is 23.1 Å². The molecule has 1 fully saturated rings. The van der Waals surface area contributed by atoms with Crippen LogP contribution in [0.2, 0.25) is 0 Å². The van der Waals surface area contributed by atoms with E-state index in [0.717, 1.165) is 0 Å². The fourth-order valence-corrected chi connectivity index (χ4v) is 3.69. The molecule has 1 aliphatic heterocycles. The summed E-state index contributed by atoms with van der Waals surface area (Å²) in [7, 11) is 0.130. The molecule has 0 bridgehead atoms. The van der Waals surface area contributed by atoms with E-state index in [-0.39, 0.29) is 4.90 Å². The molecular formula is C13H20FN3O2S. The minimum Gasteiger partial charge on any atom is -0.316 e. The molecule has 0 unspecified atom stereocenters. The van der Waals surface area contributed by atoms with Crippen molar-refractivity contribution in [2.24, 2.45) is 0 Å². The Morgan fingerprint density at radius 2 is 1.90 bits per heavy atom. The third-order valence-electron chi connectivity index (χ3n) is 3.48. The van der Waals surface area contributed by atoms with Crippen molar-refractivity contribution in [1.29, 1.82) is 0 Å². The summed E-state index contributed by atoms with van der Waals surface area (Å²) in [5, 5.41) is 2.83. The minimum atomic E-state index is -3.53. The number of rotatable bonds is 4. The number of sulfonamides is 1. The van der Waals surface area contributed by atoms with Crippen molar-refractivity contribution in [3.63, 3.8) is 0 Å². The summed E-state index contributed by atoms with van der Waals surface area (Å²) in [5.74, 6) is -0.392. The number of nitrogens with one attached hydrogen (secondary N) is 1. The van der Waals surface area contributed by atoms with Gasteiger partial charge in [0.15, 0.2) is 0 Å². The average Bonchev–Trinajstić information content (AvgIpc) is 2.42. The van der Waals surface area contributed by atoms with Crippen molar-refractivity contribution in [3.05, 3.63) is 29.6 Å². The number of benzene rings is 1. The highest BCUT2D eigenvalue weighted by atomic mass is 32.2. The molecule has 0 saturated carbocycles. The van der Waals surface area contributed by atoms with Gasteiger partial charge in [0.05, 0.1) is 4.90 Å². The molecule has 2 rings (SSSR count). The van der Waals surface area contributed by atoms with Crippen molar-refractivity contribution in [3.8, 4) is 0 Å². The second kappa shape index (κ2) is 6.17. The predicted octanol–water partition coefficient (Wildman–Crippen LogP) is 0.481. The van der Waals surface area contributed by atoms with E-state index >= 15 is 0 Å². The van der Waals surface area contributed by atoms with Gasteiger partial charge < -0.3 is 10.2 Å². The lowest BCUT2D eigenvalue weighted by atomic mass is 10.2. The molecule has 0 aromatic heterocycles. The van der Waals surface area contributed by atoms with Crippen LogP contribution in [0.25, 0.3) is 0 Å². The number of likely N-dealkylation sites (N-methyl/N-ethyl adjacent to an activating group) is 1. The van der Waals surface area contributed by atoms with E-state index in [9.17, 15) is 12.8 Å². The second-order valence-electron chi connectivity index (χ2n) is 4.99. The Labute approximate surface area is 119 Å². The summed E-state index contributed by atoms with van der Waals surface area (Å²) < 4.78 is 40.1. The van der Waals surface area contributed by atoms with Crippen molar-refractivity contribution in [2.75, 3.05) is 40.3 Å². The van der Waals surface area contributed by atoms with Gasteiger partial charge in [-0.25, -0.2) is 12.8 Å². The van der Waals surface area contributed by atoms with Gasteiger partial charge in [0.2, 0.25) is 10.0 Å². The topological polar surface area (TPSA) is 52.7 Å². The second-order valence-corrected chi connectivity index (χ2v) is 6.93. The van der Waals surface area contributed by atoms with E-state index in [2.05, 4.69) is 10.2 Å². The van der Waals surface area contributed by atoms with E-state index in [4.69, 9.17) is 0 Å². The van der Waals surface area contributed by atoms with Gasteiger partial charge in [0.1, 0.15) is 5.82 Å². The molecule has 1 saturated heterocycles. The molecule has 5 nitrogen and oxygen atoms in total. The van der Waals surface area contributed by atoms with Crippen LogP contribution >= 0.6 is 0 Å². The summed E-state index contributed by atoms with van der Waals surface area (Å²) in [6.07, 6.45) is 0. The molecule has 20 heavy (non-hydrogen) atoms. The van der Waals surface area contributed by atoms with Gasteiger partial charge in [-0.3, -0.25) is 0 Å². The maximum atomic E-state index is 13.6. The highest BCUT2D eigenvalue weighted by Crippen LogP contribution is 2.20. The summed E-state index contributed by atoms with van der Waals surface area (Å²) in [4.78, 5) is 2.25. The largest absolute Gasteiger partial charge is 0.316 e. The standard InChI is InChI=1S/C13H20FN3O2S/c1-15-10-11-9-12(3-4-13(11)14)20(18,19)17-7-5-16(2)6-8-17/h3-4,9,15H,5-8,10H2,1-2H3. The molecule has 0 atom stereocenters. The van der Waals surface area contributed by atoms with Gasteiger partial charge >= 0.3 is 0 Å². The van der Waals surface area contributed by atoms with Gasteiger partial charge in [0.25, 0.3) is 0 Å². The maximum Gasteiger partial charge on any atom is 0.243 e. The van der Waals surface area contributed by atoms with Crippen LogP contribution < -0.4 is 5.32 Å². The molecule has 1 heterocycles. The molecule has 1 aromatic carbocycles. The Morgan fingerprint density at radius 3 is 2.50 bits per heavy atom. The fourth-order valence-electron chi connectivity index (χ4n) is 2.22. The molecule has 0 aliphatic carbocycles. The molecule has 0 spiro atoms. The smallest absolute Gasteiger partial charge is 0.243 e. The Kier molecular flexibility index (Phi) is 4.74. The lowest BCUT2D eigenvalue weighted by Gasteiger charge is -2.31. The first-order valence-electron chi connectivity index (χ1n) is 6.57. The fraction of sp³-hybridized carbons (Fsp3) is 0.538. The van der Waals surface area contributed by atoms with E-state index in [1.807, 2.05) is 7.05 Å². The van der Waals surface area contributed by atoms with Crippen LogP contribution in [0.1, 0.15) is 5.56 Å². The zero-order valence-corrected chi connectivity index (χ0v) is 12.6. The quantitative estimate of drug-likeness (QED) is 0.879. The molecule has 1 aromatic rings. The number of hydrogen-bond donors (Lipinski definition) is 1. The lowest BCUT2D eigenvalue weighted by molar-refractivity contribution is 0.222. The Balaban J connectivity index is 2.27. The van der Waals surface area contributed by atoms with Crippen LogP contribution in [-0.4, -0.2) is 57.9 Å². The first-order valence-corrected chi connectivity index (χ1v) is 8.01. The Morgan fingerprint density at radius 1 is 1.25 bits per heavy atom. The van der Waals surface area contributed by atoms with Gasteiger partial charge in [-0.1, -0.05) is 0 Å². The van der Waals surface area contributed by atoms with Crippen LogP contribution in [0, 0.1) is 5.82 Å². The van der Waals surface area contributed by atoms with Gasteiger partial charge in [-0.05, 0) is 32.3 Å². The van der Waals surface area contributed by atoms with Crippen LogP contribution in [0.3, 0.4) is 0 Å². The molecule has 0 amide bonds. The van der Waals surface area contributed by atoms with Crippen LogP contribution in [0.4, 0.5) is 4.39 Å². The van der Waals surface area contributed by atoms with E-state index in [0.29, 0.717) is 38.3 Å². The highest BCUT2D eigenvalue weighted by Gasteiger charge is 2.27. The zero-order chi connectivity index (χ0) is 14.8. The number of halogens is 1. The SMILES string of the molecule is CNCc1cc(S(=O)(=O)N2CCN(C)CC2)ccc1F. The molecule has 0 radical (unpaired) electrons. The van der Waals surface area contributed by atoms with Crippen molar-refractivity contribution in [1.82, 2.24) is 14.5 Å². The summed E-state index contributed by atoms with van der Waals surface area (Å²) in [6, 6.07) is 3.97. The molecule has 7 heteroatoms. The van der Waals surface area contributed by atoms with Crippen molar-refractivity contribution in [2.45, 2.75) is 11.4 Å². The van der Waals surface area contributed by atoms with Crippen molar-refractivity contribution >= 4 is 10.0 Å². The lowest BCUT2D eigenvalue weighted by Crippen LogP contribution is -2.47. The van der Waals surface area contributed by atoms with E-state index < -0.39 is 15.8 Å². The van der Waals surface area contributed by atoms with Crippen LogP contribution in [0.5, 0.6) is 0 Å². The first-order chi connectivity index (χ1) is 9.45. The third-order valence-corrected chi connectivity index (χ3v) is 5.38. The zero-order valence-electron chi connectivity index (χ0n) is 11.8. The summed E-state index contributed by atoms with van der Waals surface area (Å²) in [5.41, 5.74) is 0.364. The average molecular weight is 301 g/mol. The maximum absolute atomic E-state index is 13.6.